The highest BCUT2D eigenvalue weighted by atomic mass is 16.2. The molecule has 0 bridgehead atoms. The number of benzene rings is 1. The molecule has 1 amide bonds. The number of nitrogens with two attached hydrogens (primary N) is 1. The number of rotatable bonds is 5. The van der Waals surface area contributed by atoms with E-state index in [1.807, 2.05) is 54.5 Å². The molecular weight excluding hydrogens is 288 g/mol. The molecule has 0 radical (unpaired) electrons. The second-order valence-electron chi connectivity index (χ2n) is 6.44. The molecule has 1 aromatic carbocycles. The summed E-state index contributed by atoms with van der Waals surface area (Å²) in [5.74, 6) is 0.511. The summed E-state index contributed by atoms with van der Waals surface area (Å²) in [5.41, 5.74) is 8.11. The van der Waals surface area contributed by atoms with Crippen molar-refractivity contribution < 1.29 is 4.79 Å². The second-order valence-corrected chi connectivity index (χ2v) is 6.44. The predicted octanol–water partition coefficient (Wildman–Crippen LogP) is 2.35. The zero-order valence-electron chi connectivity index (χ0n) is 13.6. The minimum Gasteiger partial charge on any atom is -0.341 e. The third-order valence-corrected chi connectivity index (χ3v) is 4.66. The van der Waals surface area contributed by atoms with Crippen molar-refractivity contribution in [1.29, 1.82) is 0 Å². The average Bonchev–Trinajstić information content (AvgIpc) is 3.18. The molecule has 0 spiro atoms. The van der Waals surface area contributed by atoms with Gasteiger partial charge in [-0.3, -0.25) is 4.79 Å². The normalized spacial score (nSPS) is 20.6. The first-order valence-corrected chi connectivity index (χ1v) is 8.22. The van der Waals surface area contributed by atoms with Crippen molar-refractivity contribution in [3.63, 3.8) is 0 Å². The monoisotopic (exact) mass is 312 g/mol. The molecule has 3 rings (SSSR count). The van der Waals surface area contributed by atoms with Gasteiger partial charge < -0.3 is 10.6 Å². The van der Waals surface area contributed by atoms with E-state index in [2.05, 4.69) is 5.10 Å². The lowest BCUT2D eigenvalue weighted by molar-refractivity contribution is -0.131. The van der Waals surface area contributed by atoms with Gasteiger partial charge in [-0.05, 0) is 30.9 Å². The topological polar surface area (TPSA) is 64.2 Å². The van der Waals surface area contributed by atoms with Gasteiger partial charge in [0.2, 0.25) is 5.91 Å². The van der Waals surface area contributed by atoms with Crippen LogP contribution in [0.4, 0.5) is 0 Å². The quantitative estimate of drug-likeness (QED) is 0.921. The summed E-state index contributed by atoms with van der Waals surface area (Å²) in [5, 5.41) is 4.37. The number of nitrogens with zero attached hydrogens (tertiary/aromatic N) is 3. The summed E-state index contributed by atoms with van der Waals surface area (Å²) >= 11 is 0. The van der Waals surface area contributed by atoms with Crippen molar-refractivity contribution in [3.8, 4) is 5.69 Å². The Balaban J connectivity index is 1.58. The first-order valence-electron chi connectivity index (χ1n) is 8.22. The van der Waals surface area contributed by atoms with Gasteiger partial charge in [0, 0.05) is 37.8 Å². The van der Waals surface area contributed by atoms with Gasteiger partial charge in [0.05, 0.1) is 11.9 Å². The van der Waals surface area contributed by atoms with Crippen LogP contribution in [0.1, 0.15) is 31.2 Å². The minimum atomic E-state index is 0.166. The van der Waals surface area contributed by atoms with Crippen LogP contribution in [0.25, 0.3) is 5.69 Å². The number of aromatic nitrogens is 2. The maximum atomic E-state index is 12.4. The van der Waals surface area contributed by atoms with E-state index < -0.39 is 0 Å². The second kappa shape index (κ2) is 6.96. The fraction of sp³-hybridized carbons (Fsp3) is 0.444. The SMILES string of the molecule is CN(Cc1cnn(-c2ccccc2)c1)C(=O)C[C@@H]1CCC[C@H]1N. The van der Waals surface area contributed by atoms with Crippen LogP contribution in [0.15, 0.2) is 42.7 Å². The summed E-state index contributed by atoms with van der Waals surface area (Å²) in [7, 11) is 1.85. The predicted molar refractivity (Wildman–Crippen MR) is 90.0 cm³/mol. The van der Waals surface area contributed by atoms with Gasteiger partial charge in [-0.2, -0.15) is 5.10 Å². The third kappa shape index (κ3) is 3.79. The van der Waals surface area contributed by atoms with Gasteiger partial charge in [-0.15, -0.1) is 0 Å². The van der Waals surface area contributed by atoms with Crippen LogP contribution >= 0.6 is 0 Å². The van der Waals surface area contributed by atoms with Crippen LogP contribution in [0.3, 0.4) is 0 Å². The Morgan fingerprint density at radius 2 is 2.13 bits per heavy atom. The lowest BCUT2D eigenvalue weighted by Gasteiger charge is -2.20. The van der Waals surface area contributed by atoms with Crippen molar-refractivity contribution in [2.75, 3.05) is 7.05 Å². The molecule has 5 heteroatoms. The summed E-state index contributed by atoms with van der Waals surface area (Å²) < 4.78 is 1.83. The molecule has 1 aliphatic carbocycles. The Kier molecular flexibility index (Phi) is 4.76. The molecule has 2 aromatic rings. The number of carbonyl (C=O) groups excluding carboxylic acids is 1. The molecule has 0 saturated heterocycles. The fourth-order valence-corrected chi connectivity index (χ4v) is 3.22. The molecule has 1 aliphatic rings. The Morgan fingerprint density at radius 3 is 2.83 bits per heavy atom. The van der Waals surface area contributed by atoms with Crippen LogP contribution in [-0.4, -0.2) is 33.7 Å². The van der Waals surface area contributed by atoms with E-state index in [1.54, 1.807) is 4.90 Å². The van der Waals surface area contributed by atoms with Gasteiger partial charge in [0.15, 0.2) is 0 Å². The van der Waals surface area contributed by atoms with Crippen molar-refractivity contribution in [3.05, 3.63) is 48.3 Å². The van der Waals surface area contributed by atoms with E-state index in [9.17, 15) is 4.79 Å². The lowest BCUT2D eigenvalue weighted by atomic mass is 9.99. The summed E-state index contributed by atoms with van der Waals surface area (Å²) in [6.07, 6.45) is 7.62. The van der Waals surface area contributed by atoms with Gasteiger partial charge in [-0.1, -0.05) is 24.6 Å². The minimum absolute atomic E-state index is 0.166. The van der Waals surface area contributed by atoms with E-state index in [-0.39, 0.29) is 11.9 Å². The van der Waals surface area contributed by atoms with E-state index in [1.165, 1.54) is 0 Å². The first-order chi connectivity index (χ1) is 11.1. The Bertz CT molecular complexity index is 652. The van der Waals surface area contributed by atoms with Gasteiger partial charge >= 0.3 is 0 Å². The zero-order chi connectivity index (χ0) is 16.2. The number of carbonyl (C=O) groups is 1. The number of para-hydroxylation sites is 1. The summed E-state index contributed by atoms with van der Waals surface area (Å²) in [6, 6.07) is 10.1. The molecule has 23 heavy (non-hydrogen) atoms. The fourth-order valence-electron chi connectivity index (χ4n) is 3.22. The van der Waals surface area contributed by atoms with Crippen molar-refractivity contribution in [2.45, 2.75) is 38.3 Å². The number of hydrogen-bond donors (Lipinski definition) is 1. The van der Waals surface area contributed by atoms with Gasteiger partial charge in [0.25, 0.3) is 0 Å². The van der Waals surface area contributed by atoms with Crippen LogP contribution in [0.5, 0.6) is 0 Å². The highest BCUT2D eigenvalue weighted by Gasteiger charge is 2.27. The lowest BCUT2D eigenvalue weighted by Crippen LogP contribution is -2.32. The molecule has 1 heterocycles. The summed E-state index contributed by atoms with van der Waals surface area (Å²) in [6.45, 7) is 0.577. The Hall–Kier alpha value is -2.14. The smallest absolute Gasteiger partial charge is 0.222 e. The van der Waals surface area contributed by atoms with E-state index in [0.717, 1.165) is 30.5 Å². The molecule has 1 aromatic heterocycles. The highest BCUT2D eigenvalue weighted by Crippen LogP contribution is 2.27. The van der Waals surface area contributed by atoms with Crippen LogP contribution in [0, 0.1) is 5.92 Å². The van der Waals surface area contributed by atoms with E-state index >= 15 is 0 Å². The molecule has 2 N–H and O–H groups in total. The molecule has 122 valence electrons. The highest BCUT2D eigenvalue weighted by molar-refractivity contribution is 5.76. The number of hydrogen-bond acceptors (Lipinski definition) is 3. The van der Waals surface area contributed by atoms with E-state index in [4.69, 9.17) is 5.73 Å². The van der Waals surface area contributed by atoms with Crippen LogP contribution in [-0.2, 0) is 11.3 Å². The van der Waals surface area contributed by atoms with Crippen molar-refractivity contribution >= 4 is 5.91 Å². The maximum Gasteiger partial charge on any atom is 0.222 e. The van der Waals surface area contributed by atoms with E-state index in [0.29, 0.717) is 18.9 Å². The molecule has 1 saturated carbocycles. The molecular formula is C18H24N4O. The molecule has 0 unspecified atom stereocenters. The standard InChI is InChI=1S/C18H24N4O/c1-21(18(23)10-15-6-5-9-17(15)19)12-14-11-20-22(13-14)16-7-3-2-4-8-16/h2-4,7-8,11,13,15,17H,5-6,9-10,12,19H2,1H3/t15-,17+/m0/s1. The van der Waals surface area contributed by atoms with Crippen LogP contribution < -0.4 is 5.73 Å². The zero-order valence-corrected chi connectivity index (χ0v) is 13.6. The van der Waals surface area contributed by atoms with Gasteiger partial charge in [0.1, 0.15) is 0 Å². The largest absolute Gasteiger partial charge is 0.341 e. The molecule has 1 fully saturated rings. The van der Waals surface area contributed by atoms with Gasteiger partial charge in [-0.25, -0.2) is 4.68 Å². The van der Waals surface area contributed by atoms with Crippen molar-refractivity contribution in [2.24, 2.45) is 11.7 Å². The Labute approximate surface area is 137 Å². The Morgan fingerprint density at radius 1 is 1.35 bits per heavy atom. The van der Waals surface area contributed by atoms with Crippen molar-refractivity contribution in [1.82, 2.24) is 14.7 Å². The molecule has 0 aliphatic heterocycles. The first kappa shape index (κ1) is 15.7. The molecule has 2 atom stereocenters. The van der Waals surface area contributed by atoms with Crippen LogP contribution in [0.2, 0.25) is 0 Å². The third-order valence-electron chi connectivity index (χ3n) is 4.66. The molecule has 5 nitrogen and oxygen atoms in total. The average molecular weight is 312 g/mol. The maximum absolute atomic E-state index is 12.4. The number of amides is 1. The summed E-state index contributed by atoms with van der Waals surface area (Å²) in [4.78, 5) is 14.1.